The van der Waals surface area contributed by atoms with Crippen molar-refractivity contribution in [3.05, 3.63) is 11.1 Å². The van der Waals surface area contributed by atoms with Gasteiger partial charge in [-0.1, -0.05) is 0 Å². The Morgan fingerprint density at radius 1 is 1.08 bits per heavy atom. The average Bonchev–Trinajstić information content (AvgIpc) is 2.99. The van der Waals surface area contributed by atoms with Crippen LogP contribution in [0.25, 0.3) is 0 Å². The number of carbonyl (C=O) groups is 1. The number of rotatable bonds is 0. The molecule has 2 bridgehead atoms. The first-order valence-corrected chi connectivity index (χ1v) is 9.55. The van der Waals surface area contributed by atoms with Gasteiger partial charge in [-0.3, -0.25) is 0 Å². The van der Waals surface area contributed by atoms with Gasteiger partial charge in [0.1, 0.15) is 6.10 Å². The summed E-state index contributed by atoms with van der Waals surface area (Å²) in [6.07, 6.45) is 5.01. The molecule has 0 unspecified atom stereocenters. The van der Waals surface area contributed by atoms with Crippen molar-refractivity contribution in [3.8, 4) is 0 Å². The summed E-state index contributed by atoms with van der Waals surface area (Å²) in [7, 11) is 0. The van der Waals surface area contributed by atoms with Crippen LogP contribution in [0.4, 0.5) is 0 Å². The van der Waals surface area contributed by atoms with Crippen LogP contribution in [-0.2, 0) is 14.3 Å². The summed E-state index contributed by atoms with van der Waals surface area (Å²) in [6.45, 7) is 7.55. The third kappa shape index (κ3) is 3.93. The molecule has 0 aromatic heterocycles. The fraction of sp³-hybridized carbons (Fsp3) is 0.850. The van der Waals surface area contributed by atoms with Crippen LogP contribution < -0.4 is 0 Å². The van der Waals surface area contributed by atoms with Crippen molar-refractivity contribution < 1.29 is 24.5 Å². The highest BCUT2D eigenvalue weighted by atomic mass is 16.6. The van der Waals surface area contributed by atoms with Gasteiger partial charge in [0, 0.05) is 12.0 Å². The van der Waals surface area contributed by atoms with Gasteiger partial charge in [-0.2, -0.15) is 0 Å². The van der Waals surface area contributed by atoms with E-state index in [0.717, 1.165) is 24.8 Å². The summed E-state index contributed by atoms with van der Waals surface area (Å²) < 4.78 is 11.9. The summed E-state index contributed by atoms with van der Waals surface area (Å²) in [6, 6.07) is 0. The fourth-order valence-corrected chi connectivity index (χ4v) is 4.57. The highest BCUT2D eigenvalue weighted by Gasteiger charge is 2.47. The lowest BCUT2D eigenvalue weighted by Gasteiger charge is -2.34. The summed E-state index contributed by atoms with van der Waals surface area (Å²) in [5.74, 6) is -0.253. The Morgan fingerprint density at radius 3 is 2.52 bits per heavy atom. The van der Waals surface area contributed by atoms with E-state index in [9.17, 15) is 15.0 Å². The van der Waals surface area contributed by atoms with Crippen LogP contribution in [0.15, 0.2) is 11.1 Å². The fourth-order valence-electron chi connectivity index (χ4n) is 4.57. The topological polar surface area (TPSA) is 76.0 Å². The molecule has 3 rings (SSSR count). The SMILES string of the molecule is CC1=C2CC[C@@](C)(O)CCC[C@](C)(O)[C@H]3CC[C@@](C)(C[C@@H]2OC1=O)O3. The van der Waals surface area contributed by atoms with E-state index in [-0.39, 0.29) is 18.2 Å². The van der Waals surface area contributed by atoms with Crippen LogP contribution in [0, 0.1) is 0 Å². The predicted molar refractivity (Wildman–Crippen MR) is 94.0 cm³/mol. The number of hydrogen-bond donors (Lipinski definition) is 2. The van der Waals surface area contributed by atoms with Gasteiger partial charge in [-0.05, 0) is 78.2 Å². The number of esters is 1. The van der Waals surface area contributed by atoms with E-state index >= 15 is 0 Å². The molecule has 0 radical (unpaired) electrons. The minimum Gasteiger partial charge on any atom is -0.454 e. The van der Waals surface area contributed by atoms with Crippen LogP contribution in [0.1, 0.15) is 79.1 Å². The molecule has 25 heavy (non-hydrogen) atoms. The molecular formula is C20H32O5. The third-order valence-corrected chi connectivity index (χ3v) is 6.43. The molecule has 2 fully saturated rings. The van der Waals surface area contributed by atoms with Crippen molar-refractivity contribution in [2.24, 2.45) is 0 Å². The molecule has 3 heterocycles. The number of fused-ring (bicyclic) bond motifs is 3. The molecule has 142 valence electrons. The number of hydrogen-bond acceptors (Lipinski definition) is 5. The summed E-state index contributed by atoms with van der Waals surface area (Å²) in [4.78, 5) is 12.1. The molecule has 0 aromatic carbocycles. The lowest BCUT2D eigenvalue weighted by atomic mass is 9.83. The molecule has 3 aliphatic heterocycles. The molecule has 2 saturated heterocycles. The van der Waals surface area contributed by atoms with Gasteiger partial charge in [0.2, 0.25) is 0 Å². The largest absolute Gasteiger partial charge is 0.454 e. The summed E-state index contributed by atoms with van der Waals surface area (Å²) in [5.41, 5.74) is -0.419. The normalized spacial score (nSPS) is 46.1. The third-order valence-electron chi connectivity index (χ3n) is 6.43. The molecule has 0 spiro atoms. The van der Waals surface area contributed by atoms with Gasteiger partial charge in [0.15, 0.2) is 0 Å². The second-order valence-corrected chi connectivity index (χ2v) is 9.05. The maximum atomic E-state index is 12.1. The van der Waals surface area contributed by atoms with Gasteiger partial charge in [-0.25, -0.2) is 4.79 Å². The van der Waals surface area contributed by atoms with Crippen LogP contribution in [0.2, 0.25) is 0 Å². The molecule has 0 aromatic rings. The molecule has 5 nitrogen and oxygen atoms in total. The van der Waals surface area contributed by atoms with Gasteiger partial charge in [0.25, 0.3) is 0 Å². The van der Waals surface area contributed by atoms with Gasteiger partial charge in [0.05, 0.1) is 22.9 Å². The van der Waals surface area contributed by atoms with Crippen molar-refractivity contribution in [2.45, 2.75) is 108 Å². The minimum absolute atomic E-state index is 0.214. The number of carbonyl (C=O) groups excluding carboxylic acids is 1. The van der Waals surface area contributed by atoms with Crippen LogP contribution in [0.3, 0.4) is 0 Å². The lowest BCUT2D eigenvalue weighted by Crippen LogP contribution is -2.42. The first kappa shape index (κ1) is 18.9. The zero-order chi connectivity index (χ0) is 18.5. The van der Waals surface area contributed by atoms with Crippen molar-refractivity contribution in [2.75, 3.05) is 0 Å². The molecular weight excluding hydrogens is 320 g/mol. The maximum absolute atomic E-state index is 12.1. The van der Waals surface area contributed by atoms with Crippen LogP contribution in [-0.4, -0.2) is 45.2 Å². The molecule has 2 N–H and O–H groups in total. The zero-order valence-electron chi connectivity index (χ0n) is 15.9. The zero-order valence-corrected chi connectivity index (χ0v) is 15.9. The standard InChI is InChI=1S/C20H32O5/c1-13-14-6-10-18(2,22)8-5-9-20(4,23)16-7-11-19(3,25-16)12-15(14)24-17(13)21/h15-16,22-23H,5-12H2,1-4H3/t15-,16+,18-,19-,20-/m0/s1. The smallest absolute Gasteiger partial charge is 0.334 e. The Morgan fingerprint density at radius 2 is 1.80 bits per heavy atom. The second kappa shape index (κ2) is 6.36. The molecule has 5 heteroatoms. The summed E-state index contributed by atoms with van der Waals surface area (Å²) >= 11 is 0. The van der Waals surface area contributed by atoms with Crippen molar-refractivity contribution >= 4 is 5.97 Å². The molecule has 0 saturated carbocycles. The molecule has 0 amide bonds. The van der Waals surface area contributed by atoms with E-state index < -0.39 is 16.8 Å². The van der Waals surface area contributed by atoms with E-state index in [1.165, 1.54) is 0 Å². The summed E-state index contributed by atoms with van der Waals surface area (Å²) in [5, 5.41) is 21.6. The lowest BCUT2D eigenvalue weighted by molar-refractivity contribution is -0.149. The van der Waals surface area contributed by atoms with Crippen molar-refractivity contribution in [1.29, 1.82) is 0 Å². The Kier molecular flexibility index (Phi) is 4.80. The Labute approximate surface area is 150 Å². The van der Waals surface area contributed by atoms with E-state index in [4.69, 9.17) is 9.47 Å². The van der Waals surface area contributed by atoms with Crippen molar-refractivity contribution in [1.82, 2.24) is 0 Å². The molecule has 5 atom stereocenters. The Balaban J connectivity index is 1.88. The highest BCUT2D eigenvalue weighted by molar-refractivity contribution is 5.91. The highest BCUT2D eigenvalue weighted by Crippen LogP contribution is 2.43. The van der Waals surface area contributed by atoms with Crippen LogP contribution >= 0.6 is 0 Å². The molecule has 0 aliphatic carbocycles. The van der Waals surface area contributed by atoms with Crippen LogP contribution in [0.5, 0.6) is 0 Å². The maximum Gasteiger partial charge on any atom is 0.334 e. The first-order chi connectivity index (χ1) is 11.5. The number of aliphatic hydroxyl groups is 2. The van der Waals surface area contributed by atoms with E-state index in [2.05, 4.69) is 6.92 Å². The first-order valence-electron chi connectivity index (χ1n) is 9.55. The predicted octanol–water partition coefficient (Wildman–Crippen LogP) is 3.02. The van der Waals surface area contributed by atoms with E-state index in [1.807, 2.05) is 20.8 Å². The minimum atomic E-state index is -0.900. The van der Waals surface area contributed by atoms with Gasteiger partial charge in [-0.15, -0.1) is 0 Å². The monoisotopic (exact) mass is 352 g/mol. The number of ether oxygens (including phenoxy) is 2. The Bertz CT molecular complexity index is 577. The van der Waals surface area contributed by atoms with E-state index in [0.29, 0.717) is 37.7 Å². The Hall–Kier alpha value is -0.910. The van der Waals surface area contributed by atoms with E-state index in [1.54, 1.807) is 0 Å². The quantitative estimate of drug-likeness (QED) is 0.656. The van der Waals surface area contributed by atoms with Gasteiger partial charge < -0.3 is 19.7 Å². The van der Waals surface area contributed by atoms with Gasteiger partial charge >= 0.3 is 5.97 Å². The average molecular weight is 352 g/mol. The van der Waals surface area contributed by atoms with Crippen molar-refractivity contribution in [3.63, 3.8) is 0 Å². The molecule has 3 aliphatic rings. The second-order valence-electron chi connectivity index (χ2n) is 9.05.